The van der Waals surface area contributed by atoms with Gasteiger partial charge in [0.1, 0.15) is 6.10 Å². The van der Waals surface area contributed by atoms with Crippen LogP contribution in [0.1, 0.15) is 28.4 Å². The van der Waals surface area contributed by atoms with Crippen molar-refractivity contribution in [1.29, 1.82) is 0 Å². The molecule has 1 nitrogen and oxygen atoms in total. The lowest BCUT2D eigenvalue weighted by molar-refractivity contribution is 0.415. The van der Waals surface area contributed by atoms with Gasteiger partial charge in [0.15, 0.2) is 0 Å². The molecule has 1 aromatic rings. The van der Waals surface area contributed by atoms with Crippen molar-refractivity contribution in [2.24, 2.45) is 0 Å². The second-order valence-corrected chi connectivity index (χ2v) is 3.62. The van der Waals surface area contributed by atoms with Crippen LogP contribution in [0.25, 0.3) is 0 Å². The van der Waals surface area contributed by atoms with E-state index in [0.29, 0.717) is 6.10 Å². The zero-order valence-corrected chi connectivity index (χ0v) is 7.85. The van der Waals surface area contributed by atoms with E-state index in [0.717, 1.165) is 6.61 Å². The molecule has 0 unspecified atom stereocenters. The van der Waals surface area contributed by atoms with Crippen LogP contribution in [0.5, 0.6) is 0 Å². The molecule has 1 aliphatic rings. The maximum absolute atomic E-state index is 5.27. The lowest BCUT2D eigenvalue weighted by Crippen LogP contribution is -1.91. The zero-order valence-electron chi connectivity index (χ0n) is 7.85. The summed E-state index contributed by atoms with van der Waals surface area (Å²) in [6.45, 7) is 7.37. The van der Waals surface area contributed by atoms with Crippen molar-refractivity contribution in [2.75, 3.05) is 6.61 Å². The molecule has 2 rings (SSSR count). The van der Waals surface area contributed by atoms with E-state index in [1.165, 1.54) is 22.3 Å². The molecule has 12 heavy (non-hydrogen) atoms. The highest BCUT2D eigenvalue weighted by molar-refractivity contribution is 5.38. The van der Waals surface area contributed by atoms with Gasteiger partial charge in [-0.2, -0.15) is 0 Å². The van der Waals surface area contributed by atoms with E-state index in [-0.39, 0.29) is 0 Å². The average Bonchev–Trinajstić information content (AvgIpc) is 2.79. The highest BCUT2D eigenvalue weighted by atomic mass is 16.6. The second-order valence-electron chi connectivity index (χ2n) is 3.62. The Kier molecular flexibility index (Phi) is 1.69. The van der Waals surface area contributed by atoms with Gasteiger partial charge in [0, 0.05) is 0 Å². The summed E-state index contributed by atoms with van der Waals surface area (Å²) in [7, 11) is 0. The maximum atomic E-state index is 5.27. The number of rotatable bonds is 1. The van der Waals surface area contributed by atoms with Crippen molar-refractivity contribution in [2.45, 2.75) is 26.9 Å². The number of ether oxygens (including phenoxy) is 1. The second kappa shape index (κ2) is 2.60. The Morgan fingerprint density at radius 1 is 1.08 bits per heavy atom. The molecule has 1 heterocycles. The molecule has 0 spiro atoms. The molecular weight excluding hydrogens is 148 g/mol. The molecule has 1 fully saturated rings. The molecule has 1 saturated heterocycles. The van der Waals surface area contributed by atoms with Gasteiger partial charge in [-0.25, -0.2) is 0 Å². The number of aryl methyl sites for hydroxylation is 3. The highest BCUT2D eigenvalue weighted by Gasteiger charge is 2.26. The first-order chi connectivity index (χ1) is 5.68. The third-order valence-corrected chi connectivity index (χ3v) is 2.56. The standard InChI is InChI=1S/C11H14O/c1-7-4-9(3)10(5-8(7)2)11-6-12-11/h4-5,11H,6H2,1-3H3/t11-/m1/s1. The monoisotopic (exact) mass is 162 g/mol. The Bertz CT molecular complexity index is 311. The Morgan fingerprint density at radius 3 is 2.25 bits per heavy atom. The van der Waals surface area contributed by atoms with Crippen molar-refractivity contribution in [3.63, 3.8) is 0 Å². The van der Waals surface area contributed by atoms with Crippen LogP contribution in [0.15, 0.2) is 12.1 Å². The number of hydrogen-bond donors (Lipinski definition) is 0. The molecule has 1 aromatic carbocycles. The van der Waals surface area contributed by atoms with Crippen LogP contribution in [0.3, 0.4) is 0 Å². The Labute approximate surface area is 73.4 Å². The molecule has 0 N–H and O–H groups in total. The van der Waals surface area contributed by atoms with E-state index in [1.807, 2.05) is 0 Å². The van der Waals surface area contributed by atoms with Crippen LogP contribution >= 0.6 is 0 Å². The third-order valence-electron chi connectivity index (χ3n) is 2.56. The summed E-state index contributed by atoms with van der Waals surface area (Å²) in [4.78, 5) is 0. The van der Waals surface area contributed by atoms with Gasteiger partial charge in [0.25, 0.3) is 0 Å². The Morgan fingerprint density at radius 2 is 1.67 bits per heavy atom. The molecule has 1 atom stereocenters. The number of hydrogen-bond acceptors (Lipinski definition) is 1. The van der Waals surface area contributed by atoms with Crippen molar-refractivity contribution in [3.05, 3.63) is 34.4 Å². The smallest absolute Gasteiger partial charge is 0.106 e. The Hall–Kier alpha value is -0.820. The van der Waals surface area contributed by atoms with Crippen LogP contribution in [0.2, 0.25) is 0 Å². The molecule has 0 bridgehead atoms. The van der Waals surface area contributed by atoms with Crippen molar-refractivity contribution in [3.8, 4) is 0 Å². The first-order valence-electron chi connectivity index (χ1n) is 4.38. The van der Waals surface area contributed by atoms with Crippen LogP contribution in [-0.4, -0.2) is 6.61 Å². The first kappa shape index (κ1) is 7.81. The lowest BCUT2D eigenvalue weighted by Gasteiger charge is -2.06. The van der Waals surface area contributed by atoms with E-state index in [2.05, 4.69) is 32.9 Å². The third kappa shape index (κ3) is 1.25. The maximum Gasteiger partial charge on any atom is 0.106 e. The average molecular weight is 162 g/mol. The first-order valence-corrected chi connectivity index (χ1v) is 4.38. The fourth-order valence-electron chi connectivity index (χ4n) is 1.56. The van der Waals surface area contributed by atoms with Gasteiger partial charge in [-0.05, 0) is 43.0 Å². The SMILES string of the molecule is Cc1cc(C)c([C@H]2CO2)cc1C. The molecule has 1 heteroatoms. The summed E-state index contributed by atoms with van der Waals surface area (Å²) >= 11 is 0. The lowest BCUT2D eigenvalue weighted by atomic mass is 9.99. The van der Waals surface area contributed by atoms with Crippen LogP contribution in [-0.2, 0) is 4.74 Å². The van der Waals surface area contributed by atoms with E-state index < -0.39 is 0 Å². The van der Waals surface area contributed by atoms with Gasteiger partial charge in [0.2, 0.25) is 0 Å². The molecular formula is C11H14O. The van der Waals surface area contributed by atoms with Crippen molar-refractivity contribution >= 4 is 0 Å². The Balaban J connectivity index is 2.47. The van der Waals surface area contributed by atoms with Gasteiger partial charge in [-0.1, -0.05) is 12.1 Å². The normalized spacial score (nSPS) is 21.1. The molecule has 0 saturated carbocycles. The summed E-state index contributed by atoms with van der Waals surface area (Å²) in [6.07, 6.45) is 0.393. The minimum Gasteiger partial charge on any atom is -0.368 e. The zero-order chi connectivity index (χ0) is 8.72. The highest BCUT2D eigenvalue weighted by Crippen LogP contribution is 2.33. The van der Waals surface area contributed by atoms with E-state index in [1.54, 1.807) is 0 Å². The van der Waals surface area contributed by atoms with Crippen LogP contribution in [0.4, 0.5) is 0 Å². The summed E-state index contributed by atoms with van der Waals surface area (Å²) in [5, 5.41) is 0. The fraction of sp³-hybridized carbons (Fsp3) is 0.455. The summed E-state index contributed by atoms with van der Waals surface area (Å²) < 4.78 is 5.27. The van der Waals surface area contributed by atoms with Gasteiger partial charge < -0.3 is 4.74 Å². The van der Waals surface area contributed by atoms with Gasteiger partial charge in [0.05, 0.1) is 6.61 Å². The predicted molar refractivity (Wildman–Crippen MR) is 49.3 cm³/mol. The van der Waals surface area contributed by atoms with E-state index in [9.17, 15) is 0 Å². The molecule has 0 amide bonds. The number of benzene rings is 1. The quantitative estimate of drug-likeness (QED) is 0.578. The van der Waals surface area contributed by atoms with Gasteiger partial charge in [-0.3, -0.25) is 0 Å². The van der Waals surface area contributed by atoms with Crippen LogP contribution < -0.4 is 0 Å². The minimum absolute atomic E-state index is 0.393. The largest absolute Gasteiger partial charge is 0.368 e. The van der Waals surface area contributed by atoms with E-state index in [4.69, 9.17) is 4.74 Å². The summed E-state index contributed by atoms with van der Waals surface area (Å²) in [5.74, 6) is 0. The summed E-state index contributed by atoms with van der Waals surface area (Å²) in [6, 6.07) is 4.49. The van der Waals surface area contributed by atoms with Gasteiger partial charge in [-0.15, -0.1) is 0 Å². The van der Waals surface area contributed by atoms with Gasteiger partial charge >= 0.3 is 0 Å². The number of epoxide rings is 1. The van der Waals surface area contributed by atoms with E-state index >= 15 is 0 Å². The van der Waals surface area contributed by atoms with Crippen molar-refractivity contribution in [1.82, 2.24) is 0 Å². The molecule has 64 valence electrons. The molecule has 0 aliphatic carbocycles. The molecule has 0 aromatic heterocycles. The predicted octanol–water partition coefficient (Wildman–Crippen LogP) is 2.68. The van der Waals surface area contributed by atoms with Crippen molar-refractivity contribution < 1.29 is 4.74 Å². The minimum atomic E-state index is 0.393. The topological polar surface area (TPSA) is 12.5 Å². The fourth-order valence-corrected chi connectivity index (χ4v) is 1.56. The molecule has 1 aliphatic heterocycles. The summed E-state index contributed by atoms with van der Waals surface area (Å²) in [5.41, 5.74) is 5.47. The molecule has 0 radical (unpaired) electrons. The van der Waals surface area contributed by atoms with Crippen LogP contribution in [0, 0.1) is 20.8 Å².